The number of aromatic nitrogens is 1. The number of carbonyl (C=O) groups excluding carboxylic acids is 1. The molecule has 1 aliphatic heterocycles. The monoisotopic (exact) mass is 302 g/mol. The molecule has 1 atom stereocenters. The lowest BCUT2D eigenvalue weighted by atomic mass is 10.3. The number of thioether (sulfide) groups is 1. The molecule has 21 heavy (non-hydrogen) atoms. The molecular weight excluding hydrogens is 284 g/mol. The van der Waals surface area contributed by atoms with Gasteiger partial charge in [0.15, 0.2) is 0 Å². The van der Waals surface area contributed by atoms with Gasteiger partial charge in [0.05, 0.1) is 12.9 Å². The molecule has 0 aliphatic carbocycles. The van der Waals surface area contributed by atoms with E-state index in [4.69, 9.17) is 4.74 Å². The Bertz CT molecular complexity index is 636. The molecule has 0 spiro atoms. The molecule has 0 radical (unpaired) electrons. The van der Waals surface area contributed by atoms with Gasteiger partial charge in [-0.25, -0.2) is 0 Å². The largest absolute Gasteiger partial charge is 0.497 e. The van der Waals surface area contributed by atoms with E-state index >= 15 is 0 Å². The summed E-state index contributed by atoms with van der Waals surface area (Å²) in [5.74, 6) is 1.65. The second kappa shape index (κ2) is 5.85. The van der Waals surface area contributed by atoms with Crippen molar-refractivity contribution >= 4 is 17.7 Å². The molecule has 1 aromatic carbocycles. The van der Waals surface area contributed by atoms with Gasteiger partial charge in [-0.15, -0.1) is 11.8 Å². The number of carbonyl (C=O) groups is 1. The van der Waals surface area contributed by atoms with Crippen LogP contribution >= 0.6 is 11.8 Å². The van der Waals surface area contributed by atoms with Crippen molar-refractivity contribution in [3.63, 3.8) is 0 Å². The third-order valence-electron chi connectivity index (χ3n) is 3.68. The van der Waals surface area contributed by atoms with E-state index < -0.39 is 0 Å². The summed E-state index contributed by atoms with van der Waals surface area (Å²) >= 11 is 1.69. The number of ether oxygens (including phenoxy) is 1. The molecule has 1 aromatic heterocycles. The van der Waals surface area contributed by atoms with E-state index in [0.717, 1.165) is 18.0 Å². The Labute approximate surface area is 128 Å². The molecule has 1 saturated heterocycles. The van der Waals surface area contributed by atoms with Crippen LogP contribution in [0.2, 0.25) is 0 Å². The first kappa shape index (κ1) is 14.1. The Morgan fingerprint density at radius 3 is 2.71 bits per heavy atom. The fourth-order valence-corrected chi connectivity index (χ4v) is 3.79. The minimum absolute atomic E-state index is 0.141. The molecule has 1 amide bonds. The number of hydrogen-bond acceptors (Lipinski definition) is 3. The fraction of sp³-hybridized carbons (Fsp3) is 0.312. The molecule has 3 rings (SSSR count). The summed E-state index contributed by atoms with van der Waals surface area (Å²) in [5.41, 5.74) is 2.25. The summed E-state index contributed by atoms with van der Waals surface area (Å²) in [4.78, 5) is 13.7. The van der Waals surface area contributed by atoms with Crippen molar-refractivity contribution in [3.8, 4) is 11.4 Å². The molecule has 5 heteroatoms. The van der Waals surface area contributed by atoms with Crippen LogP contribution in [0, 0.1) is 0 Å². The van der Waals surface area contributed by atoms with Crippen LogP contribution in [-0.4, -0.2) is 34.8 Å². The number of nitrogens with zero attached hydrogens (tertiary/aromatic N) is 2. The van der Waals surface area contributed by atoms with Gasteiger partial charge >= 0.3 is 0 Å². The van der Waals surface area contributed by atoms with Crippen molar-refractivity contribution < 1.29 is 9.53 Å². The number of hydrogen-bond donors (Lipinski definition) is 0. The molecule has 4 nitrogen and oxygen atoms in total. The van der Waals surface area contributed by atoms with Gasteiger partial charge in [-0.05, 0) is 37.3 Å². The first-order chi connectivity index (χ1) is 10.2. The van der Waals surface area contributed by atoms with E-state index in [1.54, 1.807) is 18.9 Å². The highest BCUT2D eigenvalue weighted by atomic mass is 32.2. The van der Waals surface area contributed by atoms with Crippen molar-refractivity contribution in [3.05, 3.63) is 48.3 Å². The van der Waals surface area contributed by atoms with Gasteiger partial charge < -0.3 is 14.2 Å². The Morgan fingerprint density at radius 1 is 1.29 bits per heavy atom. The lowest BCUT2D eigenvalue weighted by molar-refractivity contribution is -0.127. The van der Waals surface area contributed by atoms with Gasteiger partial charge in [0.1, 0.15) is 11.1 Å². The van der Waals surface area contributed by atoms with E-state index in [1.807, 2.05) is 42.3 Å². The number of benzene rings is 1. The van der Waals surface area contributed by atoms with Crippen LogP contribution in [0.4, 0.5) is 0 Å². The van der Waals surface area contributed by atoms with E-state index in [0.29, 0.717) is 5.75 Å². The Kier molecular flexibility index (Phi) is 3.92. The van der Waals surface area contributed by atoms with Gasteiger partial charge in [0, 0.05) is 30.2 Å². The summed E-state index contributed by atoms with van der Waals surface area (Å²) < 4.78 is 7.25. The maximum atomic E-state index is 11.8. The highest BCUT2D eigenvalue weighted by molar-refractivity contribution is 8.00. The summed E-state index contributed by atoms with van der Waals surface area (Å²) in [7, 11) is 1.66. The molecule has 110 valence electrons. The van der Waals surface area contributed by atoms with E-state index in [1.165, 1.54) is 5.56 Å². The maximum Gasteiger partial charge on any atom is 0.233 e. The number of rotatable bonds is 4. The Hall–Kier alpha value is -1.88. The summed E-state index contributed by atoms with van der Waals surface area (Å²) in [6.45, 7) is 2.78. The van der Waals surface area contributed by atoms with Gasteiger partial charge in [-0.1, -0.05) is 0 Å². The van der Waals surface area contributed by atoms with Crippen molar-refractivity contribution in [1.82, 2.24) is 9.47 Å². The lowest BCUT2D eigenvalue weighted by Crippen LogP contribution is -2.27. The topological polar surface area (TPSA) is 34.5 Å². The number of amides is 1. The minimum atomic E-state index is 0.141. The lowest BCUT2D eigenvalue weighted by Gasteiger charge is -2.21. The van der Waals surface area contributed by atoms with Crippen molar-refractivity contribution in [2.24, 2.45) is 0 Å². The Morgan fingerprint density at radius 2 is 2.05 bits per heavy atom. The zero-order chi connectivity index (χ0) is 14.8. The van der Waals surface area contributed by atoms with Crippen LogP contribution in [0.5, 0.6) is 5.75 Å². The first-order valence-electron chi connectivity index (χ1n) is 6.96. The van der Waals surface area contributed by atoms with Crippen LogP contribution in [0.3, 0.4) is 0 Å². The summed E-state index contributed by atoms with van der Waals surface area (Å²) in [6.07, 6.45) is 4.13. The molecule has 0 bridgehead atoms. The second-order valence-electron chi connectivity index (χ2n) is 4.89. The zero-order valence-electron chi connectivity index (χ0n) is 12.2. The van der Waals surface area contributed by atoms with Crippen LogP contribution < -0.4 is 4.74 Å². The fourth-order valence-electron chi connectivity index (χ4n) is 2.55. The van der Waals surface area contributed by atoms with E-state index in [9.17, 15) is 4.79 Å². The predicted molar refractivity (Wildman–Crippen MR) is 84.9 cm³/mol. The summed E-state index contributed by atoms with van der Waals surface area (Å²) in [5, 5.41) is 0.141. The van der Waals surface area contributed by atoms with Gasteiger partial charge in [-0.3, -0.25) is 4.79 Å². The van der Waals surface area contributed by atoms with E-state index in [2.05, 4.69) is 16.8 Å². The molecule has 1 aliphatic rings. The SMILES string of the molecule is CCN1C(=O)CS[C@@H]1c1ccn(-c2ccc(OC)cc2)c1. The van der Waals surface area contributed by atoms with Gasteiger partial charge in [-0.2, -0.15) is 0 Å². The average Bonchev–Trinajstić information content (AvgIpc) is 3.13. The average molecular weight is 302 g/mol. The smallest absolute Gasteiger partial charge is 0.233 e. The summed E-state index contributed by atoms with van der Waals surface area (Å²) in [6, 6.07) is 10.0. The van der Waals surface area contributed by atoms with Crippen LogP contribution in [0.15, 0.2) is 42.7 Å². The number of methoxy groups -OCH3 is 1. The first-order valence-corrected chi connectivity index (χ1v) is 8.01. The molecule has 1 fully saturated rings. The van der Waals surface area contributed by atoms with Gasteiger partial charge in [0.25, 0.3) is 0 Å². The quantitative estimate of drug-likeness (QED) is 0.870. The highest BCUT2D eigenvalue weighted by Gasteiger charge is 2.31. The predicted octanol–water partition coefficient (Wildman–Crippen LogP) is 3.08. The standard InChI is InChI=1S/C16H18N2O2S/c1-3-18-15(19)11-21-16(18)12-8-9-17(10-12)13-4-6-14(20-2)7-5-13/h4-10,16H,3,11H2,1-2H3/t16-/m1/s1. The van der Waals surface area contributed by atoms with Crippen LogP contribution in [0.25, 0.3) is 5.69 Å². The van der Waals surface area contributed by atoms with Crippen molar-refractivity contribution in [2.45, 2.75) is 12.3 Å². The second-order valence-corrected chi connectivity index (χ2v) is 5.96. The third kappa shape index (κ3) is 2.65. The minimum Gasteiger partial charge on any atom is -0.497 e. The highest BCUT2D eigenvalue weighted by Crippen LogP contribution is 2.38. The Balaban J connectivity index is 1.84. The maximum absolute atomic E-state index is 11.8. The molecule has 2 aromatic rings. The van der Waals surface area contributed by atoms with Crippen LogP contribution in [-0.2, 0) is 4.79 Å². The third-order valence-corrected chi connectivity index (χ3v) is 4.94. The molecule has 0 N–H and O–H groups in total. The van der Waals surface area contributed by atoms with Crippen molar-refractivity contribution in [1.29, 1.82) is 0 Å². The zero-order valence-corrected chi connectivity index (χ0v) is 13.0. The van der Waals surface area contributed by atoms with Crippen molar-refractivity contribution in [2.75, 3.05) is 19.4 Å². The van der Waals surface area contributed by atoms with Gasteiger partial charge in [0.2, 0.25) is 5.91 Å². The molecule has 0 saturated carbocycles. The normalized spacial score (nSPS) is 18.3. The molecular formula is C16H18N2O2S. The van der Waals surface area contributed by atoms with E-state index in [-0.39, 0.29) is 11.3 Å². The van der Waals surface area contributed by atoms with Crippen LogP contribution in [0.1, 0.15) is 17.9 Å². The molecule has 0 unspecified atom stereocenters. The molecule has 2 heterocycles.